The Morgan fingerprint density at radius 1 is 1.41 bits per heavy atom. The highest BCUT2D eigenvalue weighted by atomic mass is 32.1. The molecule has 1 saturated carbocycles. The van der Waals surface area contributed by atoms with Crippen LogP contribution in [0.25, 0.3) is 10.2 Å². The van der Waals surface area contributed by atoms with Gasteiger partial charge in [-0.25, -0.2) is 4.98 Å². The summed E-state index contributed by atoms with van der Waals surface area (Å²) in [6.45, 7) is 2.26. The predicted molar refractivity (Wildman–Crippen MR) is 74.7 cm³/mol. The van der Waals surface area contributed by atoms with Gasteiger partial charge in [-0.3, -0.25) is 0 Å². The molecule has 1 fully saturated rings. The number of nitrogens with one attached hydrogen (secondary N) is 1. The van der Waals surface area contributed by atoms with Crippen LogP contribution in [0, 0.1) is 5.92 Å². The molecule has 1 atom stereocenters. The van der Waals surface area contributed by atoms with Gasteiger partial charge in [-0.15, -0.1) is 0 Å². The van der Waals surface area contributed by atoms with Crippen LogP contribution in [-0.2, 0) is 0 Å². The summed E-state index contributed by atoms with van der Waals surface area (Å²) in [7, 11) is 0. The zero-order valence-electron chi connectivity index (χ0n) is 10.1. The Morgan fingerprint density at radius 2 is 2.24 bits per heavy atom. The summed E-state index contributed by atoms with van der Waals surface area (Å²) >= 11 is 1.77. The van der Waals surface area contributed by atoms with Crippen molar-refractivity contribution >= 4 is 26.7 Å². The van der Waals surface area contributed by atoms with Crippen LogP contribution in [0.4, 0.5) is 5.13 Å². The zero-order valence-corrected chi connectivity index (χ0v) is 11.0. The molecule has 1 aliphatic rings. The van der Waals surface area contributed by atoms with Crippen LogP contribution in [0.3, 0.4) is 0 Å². The number of rotatable bonds is 5. The minimum atomic E-state index is 0.600. The van der Waals surface area contributed by atoms with Crippen molar-refractivity contribution in [2.75, 3.05) is 5.32 Å². The zero-order chi connectivity index (χ0) is 11.7. The van der Waals surface area contributed by atoms with Gasteiger partial charge in [-0.1, -0.05) is 43.2 Å². The van der Waals surface area contributed by atoms with Crippen LogP contribution in [0.5, 0.6) is 0 Å². The van der Waals surface area contributed by atoms with Crippen molar-refractivity contribution in [3.63, 3.8) is 0 Å². The average Bonchev–Trinajstić information content (AvgIpc) is 3.06. The van der Waals surface area contributed by atoms with E-state index in [0.29, 0.717) is 6.04 Å². The fraction of sp³-hybridized carbons (Fsp3) is 0.500. The van der Waals surface area contributed by atoms with Crippen LogP contribution in [0.15, 0.2) is 24.3 Å². The second-order valence-corrected chi connectivity index (χ2v) is 5.95. The number of hydrogen-bond donors (Lipinski definition) is 1. The lowest BCUT2D eigenvalue weighted by atomic mass is 10.1. The SMILES string of the molecule is CCC(CC1CC1)Nc1nc2ccccc2s1. The first kappa shape index (κ1) is 11.0. The number of benzene rings is 1. The van der Waals surface area contributed by atoms with Crippen molar-refractivity contribution in [2.45, 2.75) is 38.6 Å². The summed E-state index contributed by atoms with van der Waals surface area (Å²) in [5.41, 5.74) is 1.11. The molecule has 0 spiro atoms. The molecule has 2 aromatic rings. The number of anilines is 1. The minimum absolute atomic E-state index is 0.600. The molecule has 17 heavy (non-hydrogen) atoms. The highest BCUT2D eigenvalue weighted by Crippen LogP contribution is 2.35. The van der Waals surface area contributed by atoms with E-state index in [4.69, 9.17) is 0 Å². The van der Waals surface area contributed by atoms with Gasteiger partial charge in [0.25, 0.3) is 0 Å². The number of para-hydroxylation sites is 1. The van der Waals surface area contributed by atoms with Gasteiger partial charge in [0.05, 0.1) is 10.2 Å². The van der Waals surface area contributed by atoms with Crippen molar-refractivity contribution in [3.05, 3.63) is 24.3 Å². The fourth-order valence-electron chi connectivity index (χ4n) is 2.19. The third-order valence-corrected chi connectivity index (χ3v) is 4.40. The summed E-state index contributed by atoms with van der Waals surface area (Å²) < 4.78 is 1.27. The van der Waals surface area contributed by atoms with Crippen molar-refractivity contribution in [1.29, 1.82) is 0 Å². The molecule has 3 rings (SSSR count). The van der Waals surface area contributed by atoms with Gasteiger partial charge in [-0.05, 0) is 30.9 Å². The van der Waals surface area contributed by atoms with E-state index in [-0.39, 0.29) is 0 Å². The molecular formula is C14H18N2S. The maximum absolute atomic E-state index is 4.64. The van der Waals surface area contributed by atoms with E-state index >= 15 is 0 Å². The second-order valence-electron chi connectivity index (χ2n) is 4.92. The first-order valence-corrected chi connectivity index (χ1v) is 7.29. The lowest BCUT2D eigenvalue weighted by molar-refractivity contribution is 0.587. The van der Waals surface area contributed by atoms with E-state index in [1.807, 2.05) is 6.07 Å². The molecule has 3 heteroatoms. The molecule has 0 aliphatic heterocycles. The number of fused-ring (bicyclic) bond motifs is 1. The first-order valence-electron chi connectivity index (χ1n) is 6.47. The van der Waals surface area contributed by atoms with Gasteiger partial charge in [0.15, 0.2) is 5.13 Å². The van der Waals surface area contributed by atoms with E-state index in [9.17, 15) is 0 Å². The molecular weight excluding hydrogens is 228 g/mol. The van der Waals surface area contributed by atoms with E-state index in [1.54, 1.807) is 11.3 Å². The topological polar surface area (TPSA) is 24.9 Å². The second kappa shape index (κ2) is 4.65. The van der Waals surface area contributed by atoms with Crippen LogP contribution in [0.2, 0.25) is 0 Å². The van der Waals surface area contributed by atoms with Crippen LogP contribution >= 0.6 is 11.3 Å². The van der Waals surface area contributed by atoms with Crippen molar-refractivity contribution in [2.24, 2.45) is 5.92 Å². The van der Waals surface area contributed by atoms with Crippen LogP contribution in [-0.4, -0.2) is 11.0 Å². The Hall–Kier alpha value is -1.09. The Bertz CT molecular complexity index is 469. The Kier molecular flexibility index (Phi) is 3.02. The van der Waals surface area contributed by atoms with Gasteiger partial charge in [0.2, 0.25) is 0 Å². The molecule has 1 aromatic heterocycles. The first-order chi connectivity index (χ1) is 8.35. The molecule has 1 unspecified atom stereocenters. The largest absolute Gasteiger partial charge is 0.359 e. The number of thiazole rings is 1. The summed E-state index contributed by atoms with van der Waals surface area (Å²) in [6.07, 6.45) is 5.36. The molecule has 0 bridgehead atoms. The maximum atomic E-state index is 4.64. The third-order valence-electron chi connectivity index (χ3n) is 3.43. The van der Waals surface area contributed by atoms with Crippen molar-refractivity contribution in [3.8, 4) is 0 Å². The van der Waals surface area contributed by atoms with Gasteiger partial charge >= 0.3 is 0 Å². The molecule has 2 nitrogen and oxygen atoms in total. The summed E-state index contributed by atoms with van der Waals surface area (Å²) in [5, 5.41) is 4.68. The molecule has 1 N–H and O–H groups in total. The van der Waals surface area contributed by atoms with Crippen LogP contribution in [0.1, 0.15) is 32.6 Å². The minimum Gasteiger partial charge on any atom is -0.359 e. The maximum Gasteiger partial charge on any atom is 0.184 e. The van der Waals surface area contributed by atoms with Gasteiger partial charge in [0, 0.05) is 6.04 Å². The van der Waals surface area contributed by atoms with E-state index in [0.717, 1.165) is 16.6 Å². The quantitative estimate of drug-likeness (QED) is 0.851. The lowest BCUT2D eigenvalue weighted by Gasteiger charge is -2.15. The molecule has 1 aromatic carbocycles. The van der Waals surface area contributed by atoms with E-state index in [2.05, 4.69) is 35.4 Å². The average molecular weight is 246 g/mol. The molecule has 0 saturated heterocycles. The molecule has 0 amide bonds. The number of nitrogens with zero attached hydrogens (tertiary/aromatic N) is 1. The highest BCUT2D eigenvalue weighted by Gasteiger charge is 2.25. The summed E-state index contributed by atoms with van der Waals surface area (Å²) in [6, 6.07) is 8.95. The summed E-state index contributed by atoms with van der Waals surface area (Å²) in [5.74, 6) is 0.974. The molecule has 1 aliphatic carbocycles. The Morgan fingerprint density at radius 3 is 2.94 bits per heavy atom. The lowest BCUT2D eigenvalue weighted by Crippen LogP contribution is -2.18. The van der Waals surface area contributed by atoms with Crippen LogP contribution < -0.4 is 5.32 Å². The Labute approximate surface area is 106 Å². The molecule has 90 valence electrons. The summed E-state index contributed by atoms with van der Waals surface area (Å²) in [4.78, 5) is 4.64. The van der Waals surface area contributed by atoms with Gasteiger partial charge in [-0.2, -0.15) is 0 Å². The fourth-order valence-corrected chi connectivity index (χ4v) is 3.13. The number of hydrogen-bond acceptors (Lipinski definition) is 3. The van der Waals surface area contributed by atoms with Gasteiger partial charge < -0.3 is 5.32 Å². The monoisotopic (exact) mass is 246 g/mol. The smallest absolute Gasteiger partial charge is 0.184 e. The molecule has 1 heterocycles. The number of aromatic nitrogens is 1. The molecule has 0 radical (unpaired) electrons. The van der Waals surface area contributed by atoms with E-state index in [1.165, 1.54) is 30.4 Å². The van der Waals surface area contributed by atoms with Crippen molar-refractivity contribution < 1.29 is 0 Å². The Balaban J connectivity index is 1.73. The standard InChI is InChI=1S/C14H18N2S/c1-2-11(9-10-7-8-10)15-14-16-12-5-3-4-6-13(12)17-14/h3-6,10-11H,2,7-9H2,1H3,(H,15,16). The highest BCUT2D eigenvalue weighted by molar-refractivity contribution is 7.22. The van der Waals surface area contributed by atoms with Crippen molar-refractivity contribution in [1.82, 2.24) is 4.98 Å². The third kappa shape index (κ3) is 2.60. The van der Waals surface area contributed by atoms with Gasteiger partial charge in [0.1, 0.15) is 0 Å². The predicted octanol–water partition coefficient (Wildman–Crippen LogP) is 4.29. The van der Waals surface area contributed by atoms with E-state index < -0.39 is 0 Å². The normalized spacial score (nSPS) is 17.2.